The molecule has 0 heterocycles. The van der Waals surface area contributed by atoms with Gasteiger partial charge in [0.1, 0.15) is 0 Å². The number of nitrogens with one attached hydrogen (secondary N) is 1. The van der Waals surface area contributed by atoms with Crippen LogP contribution in [0.2, 0.25) is 5.02 Å². The minimum atomic E-state index is -3.50. The molecule has 0 bridgehead atoms. The molecule has 0 radical (unpaired) electrons. The molecule has 120 valence electrons. The van der Waals surface area contributed by atoms with Crippen molar-refractivity contribution in [3.05, 3.63) is 28.8 Å². The molecule has 0 aliphatic heterocycles. The van der Waals surface area contributed by atoms with Crippen molar-refractivity contribution >= 4 is 33.4 Å². The first-order chi connectivity index (χ1) is 9.88. The lowest BCUT2D eigenvalue weighted by Gasteiger charge is -2.26. The van der Waals surface area contributed by atoms with Gasteiger partial charge in [-0.25, -0.2) is 8.42 Å². The number of thioether (sulfide) groups is 1. The molecule has 1 N–H and O–H groups in total. The highest BCUT2D eigenvalue weighted by Gasteiger charge is 2.27. The zero-order valence-corrected chi connectivity index (χ0v) is 15.3. The molecular formula is C14H23ClN2O2S2. The van der Waals surface area contributed by atoms with Gasteiger partial charge in [-0.1, -0.05) is 18.5 Å². The highest BCUT2D eigenvalue weighted by molar-refractivity contribution is 7.98. The predicted molar refractivity (Wildman–Crippen MR) is 91.6 cm³/mol. The Morgan fingerprint density at radius 2 is 2.10 bits per heavy atom. The molecule has 0 fully saturated rings. The summed E-state index contributed by atoms with van der Waals surface area (Å²) in [6.07, 6.45) is 2.77. The van der Waals surface area contributed by atoms with Crippen molar-refractivity contribution in [2.75, 3.05) is 26.1 Å². The summed E-state index contributed by atoms with van der Waals surface area (Å²) in [7, 11) is -0.0508. The van der Waals surface area contributed by atoms with E-state index in [1.54, 1.807) is 44.1 Å². The van der Waals surface area contributed by atoms with Gasteiger partial charge in [0, 0.05) is 30.4 Å². The fraction of sp³-hybridized carbons (Fsp3) is 0.571. The first-order valence-electron chi connectivity index (χ1n) is 6.78. The van der Waals surface area contributed by atoms with Crippen molar-refractivity contribution < 1.29 is 8.42 Å². The van der Waals surface area contributed by atoms with E-state index in [0.29, 0.717) is 16.5 Å². The monoisotopic (exact) mass is 350 g/mol. The topological polar surface area (TPSA) is 49.4 Å². The van der Waals surface area contributed by atoms with Crippen LogP contribution in [-0.4, -0.2) is 44.9 Å². The van der Waals surface area contributed by atoms with Crippen LogP contribution >= 0.6 is 23.4 Å². The van der Waals surface area contributed by atoms with E-state index in [9.17, 15) is 8.42 Å². The Morgan fingerprint density at radius 1 is 1.43 bits per heavy atom. The quantitative estimate of drug-likeness (QED) is 0.783. The summed E-state index contributed by atoms with van der Waals surface area (Å²) in [5, 5.41) is 3.56. The standard InChI is InChI=1S/C14H23ClN2O2S2/c1-5-12(10-20-4)17(3)21(18,19)13-6-7-14(15)11(8-13)9-16-2/h6-8,12,16H,5,9-10H2,1-4H3. The molecule has 7 heteroatoms. The second-order valence-corrected chi connectivity index (χ2v) is 8.14. The molecule has 1 rings (SSSR count). The molecule has 0 saturated heterocycles. The predicted octanol–water partition coefficient (Wildman–Crippen LogP) is 2.82. The van der Waals surface area contributed by atoms with E-state index in [4.69, 9.17) is 11.6 Å². The normalized spacial score (nSPS) is 13.6. The van der Waals surface area contributed by atoms with Crippen molar-refractivity contribution in [3.63, 3.8) is 0 Å². The molecule has 1 atom stereocenters. The van der Waals surface area contributed by atoms with E-state index in [1.165, 1.54) is 4.31 Å². The fourth-order valence-corrected chi connectivity index (χ4v) is 4.67. The Bertz CT molecular complexity index is 564. The van der Waals surface area contributed by atoms with Crippen molar-refractivity contribution in [2.45, 2.75) is 30.8 Å². The minimum Gasteiger partial charge on any atom is -0.316 e. The van der Waals surface area contributed by atoms with E-state index in [1.807, 2.05) is 13.2 Å². The van der Waals surface area contributed by atoms with Gasteiger partial charge in [0.15, 0.2) is 0 Å². The van der Waals surface area contributed by atoms with Crippen LogP contribution < -0.4 is 5.32 Å². The van der Waals surface area contributed by atoms with Crippen LogP contribution in [0.4, 0.5) is 0 Å². The lowest BCUT2D eigenvalue weighted by molar-refractivity contribution is 0.385. The van der Waals surface area contributed by atoms with Crippen LogP contribution in [-0.2, 0) is 16.6 Å². The second kappa shape index (κ2) is 8.39. The highest BCUT2D eigenvalue weighted by atomic mass is 35.5. The molecule has 0 aliphatic rings. The van der Waals surface area contributed by atoms with Crippen LogP contribution in [0.5, 0.6) is 0 Å². The molecule has 0 aromatic heterocycles. The molecule has 1 aromatic rings. The Morgan fingerprint density at radius 3 is 2.62 bits per heavy atom. The van der Waals surface area contributed by atoms with E-state index >= 15 is 0 Å². The third kappa shape index (κ3) is 4.60. The van der Waals surface area contributed by atoms with Gasteiger partial charge < -0.3 is 5.32 Å². The number of nitrogens with zero attached hydrogens (tertiary/aromatic N) is 1. The Balaban J connectivity index is 3.15. The van der Waals surface area contributed by atoms with Crippen LogP contribution in [0.15, 0.2) is 23.1 Å². The SMILES string of the molecule is CCC(CSC)N(C)S(=O)(=O)c1ccc(Cl)c(CNC)c1. The molecule has 0 saturated carbocycles. The van der Waals surface area contributed by atoms with Crippen LogP contribution in [0.1, 0.15) is 18.9 Å². The van der Waals surface area contributed by atoms with Gasteiger partial charge in [-0.3, -0.25) is 0 Å². The molecule has 4 nitrogen and oxygen atoms in total. The average Bonchev–Trinajstić information content (AvgIpc) is 2.46. The van der Waals surface area contributed by atoms with Gasteiger partial charge in [0.25, 0.3) is 0 Å². The summed E-state index contributed by atoms with van der Waals surface area (Å²) in [4.78, 5) is 0.291. The lowest BCUT2D eigenvalue weighted by Crippen LogP contribution is -2.38. The fourth-order valence-electron chi connectivity index (χ4n) is 2.07. The zero-order valence-electron chi connectivity index (χ0n) is 12.9. The molecule has 0 aliphatic carbocycles. The number of rotatable bonds is 8. The summed E-state index contributed by atoms with van der Waals surface area (Å²) in [5.74, 6) is 0.781. The Hall–Kier alpha value is -0.270. The van der Waals surface area contributed by atoms with Gasteiger partial charge in [0.2, 0.25) is 10.0 Å². The van der Waals surface area contributed by atoms with Gasteiger partial charge in [-0.05, 0) is 43.5 Å². The summed E-state index contributed by atoms with van der Waals surface area (Å²) in [6.45, 7) is 2.54. The number of hydrogen-bond acceptors (Lipinski definition) is 4. The first-order valence-corrected chi connectivity index (χ1v) is 9.99. The van der Waals surface area contributed by atoms with Crippen LogP contribution in [0.25, 0.3) is 0 Å². The second-order valence-electron chi connectivity index (χ2n) is 4.82. The van der Waals surface area contributed by atoms with Crippen molar-refractivity contribution in [1.82, 2.24) is 9.62 Å². The third-order valence-electron chi connectivity index (χ3n) is 3.41. The number of sulfonamides is 1. The van der Waals surface area contributed by atoms with E-state index in [2.05, 4.69) is 5.32 Å². The first kappa shape index (κ1) is 18.8. The largest absolute Gasteiger partial charge is 0.316 e. The van der Waals surface area contributed by atoms with Crippen molar-refractivity contribution in [2.24, 2.45) is 0 Å². The van der Waals surface area contributed by atoms with E-state index in [0.717, 1.165) is 17.7 Å². The number of halogens is 1. The molecule has 0 spiro atoms. The van der Waals surface area contributed by atoms with Gasteiger partial charge >= 0.3 is 0 Å². The lowest BCUT2D eigenvalue weighted by atomic mass is 10.2. The molecule has 0 amide bonds. The molecule has 21 heavy (non-hydrogen) atoms. The maximum Gasteiger partial charge on any atom is 0.243 e. The Labute approximate surface area is 137 Å². The van der Waals surface area contributed by atoms with Crippen molar-refractivity contribution in [1.29, 1.82) is 0 Å². The Kier molecular flexibility index (Phi) is 7.50. The third-order valence-corrected chi connectivity index (χ3v) is 6.40. The molecule has 1 aromatic carbocycles. The van der Waals surface area contributed by atoms with Gasteiger partial charge in [0.05, 0.1) is 4.90 Å². The van der Waals surface area contributed by atoms with E-state index < -0.39 is 10.0 Å². The maximum absolute atomic E-state index is 12.7. The minimum absolute atomic E-state index is 0.00608. The number of hydrogen-bond donors (Lipinski definition) is 1. The maximum atomic E-state index is 12.7. The zero-order chi connectivity index (χ0) is 16.0. The summed E-state index contributed by atoms with van der Waals surface area (Å²) >= 11 is 7.74. The van der Waals surface area contributed by atoms with Gasteiger partial charge in [-0.2, -0.15) is 16.1 Å². The van der Waals surface area contributed by atoms with Gasteiger partial charge in [-0.15, -0.1) is 0 Å². The smallest absolute Gasteiger partial charge is 0.243 e. The summed E-state index contributed by atoms with van der Waals surface area (Å²) in [5.41, 5.74) is 0.784. The summed E-state index contributed by atoms with van der Waals surface area (Å²) < 4.78 is 26.9. The highest BCUT2D eigenvalue weighted by Crippen LogP contribution is 2.24. The van der Waals surface area contributed by atoms with Crippen LogP contribution in [0.3, 0.4) is 0 Å². The van der Waals surface area contributed by atoms with Crippen LogP contribution in [0, 0.1) is 0 Å². The van der Waals surface area contributed by atoms with E-state index in [-0.39, 0.29) is 6.04 Å². The van der Waals surface area contributed by atoms with Crippen molar-refractivity contribution in [3.8, 4) is 0 Å². The molecule has 1 unspecified atom stereocenters. The molecular weight excluding hydrogens is 328 g/mol. The average molecular weight is 351 g/mol. The number of benzene rings is 1. The summed E-state index contributed by atoms with van der Waals surface area (Å²) in [6, 6.07) is 4.86.